The van der Waals surface area contributed by atoms with Gasteiger partial charge in [0.05, 0.1) is 5.25 Å². The number of fused-ring (bicyclic) bond motifs is 2. The zero-order valence-electron chi connectivity index (χ0n) is 14.8. The maximum atomic E-state index is 12.6. The Morgan fingerprint density at radius 1 is 1.12 bits per heavy atom. The summed E-state index contributed by atoms with van der Waals surface area (Å²) in [4.78, 5) is 12.6. The minimum absolute atomic E-state index is 0.0174. The van der Waals surface area contributed by atoms with Crippen molar-refractivity contribution in [3.63, 3.8) is 0 Å². The Bertz CT molecular complexity index is 936. The van der Waals surface area contributed by atoms with E-state index in [-0.39, 0.29) is 11.2 Å². The first-order valence-corrected chi connectivity index (χ1v) is 9.97. The third-order valence-corrected chi connectivity index (χ3v) is 5.82. The maximum Gasteiger partial charge on any atom is 0.237 e. The lowest BCUT2D eigenvalue weighted by atomic mass is 10.1. The number of thioether (sulfide) groups is 1. The van der Waals surface area contributed by atoms with Crippen molar-refractivity contribution in [2.45, 2.75) is 49.6 Å². The van der Waals surface area contributed by atoms with Gasteiger partial charge >= 0.3 is 0 Å². The van der Waals surface area contributed by atoms with Crippen LogP contribution in [0, 0.1) is 0 Å². The monoisotopic (exact) mass is 366 g/mol. The zero-order chi connectivity index (χ0) is 17.9. The Labute approximate surface area is 157 Å². The van der Waals surface area contributed by atoms with E-state index in [1.165, 1.54) is 30.0 Å². The van der Waals surface area contributed by atoms with E-state index < -0.39 is 0 Å². The molecule has 0 unspecified atom stereocenters. The summed E-state index contributed by atoms with van der Waals surface area (Å²) in [6.07, 6.45) is 4.52. The van der Waals surface area contributed by atoms with Crippen molar-refractivity contribution >= 4 is 34.1 Å². The Hall–Kier alpha value is -2.34. The lowest BCUT2D eigenvalue weighted by molar-refractivity contribution is -0.115. The molecule has 26 heavy (non-hydrogen) atoms. The van der Waals surface area contributed by atoms with Crippen LogP contribution in [-0.4, -0.2) is 25.9 Å². The highest BCUT2D eigenvalue weighted by atomic mass is 32.2. The minimum Gasteiger partial charge on any atom is -0.325 e. The van der Waals surface area contributed by atoms with Gasteiger partial charge in [0.15, 0.2) is 5.16 Å². The average Bonchev–Trinajstić information content (AvgIpc) is 2.88. The fraction of sp³-hybridized carbons (Fsp3) is 0.350. The first-order chi connectivity index (χ1) is 12.7. The van der Waals surface area contributed by atoms with Crippen LogP contribution in [0.4, 0.5) is 5.69 Å². The van der Waals surface area contributed by atoms with E-state index in [1.54, 1.807) is 0 Å². The number of carbonyl (C=O) groups excluding carboxylic acids is 1. The smallest absolute Gasteiger partial charge is 0.237 e. The third-order valence-electron chi connectivity index (χ3n) is 4.74. The Morgan fingerprint density at radius 2 is 1.96 bits per heavy atom. The molecule has 0 aliphatic carbocycles. The second-order valence-electron chi connectivity index (χ2n) is 6.67. The number of aromatic nitrogens is 3. The van der Waals surface area contributed by atoms with Gasteiger partial charge in [-0.15, -0.1) is 10.2 Å². The lowest BCUT2D eigenvalue weighted by Crippen LogP contribution is -2.23. The quantitative estimate of drug-likeness (QED) is 0.700. The first kappa shape index (κ1) is 17.1. The number of benzene rings is 2. The molecule has 0 saturated carbocycles. The molecule has 0 spiro atoms. The van der Waals surface area contributed by atoms with Crippen LogP contribution < -0.4 is 5.32 Å². The topological polar surface area (TPSA) is 59.8 Å². The number of rotatable bonds is 4. The summed E-state index contributed by atoms with van der Waals surface area (Å²) < 4.78 is 2.18. The molecular weight excluding hydrogens is 344 g/mol. The van der Waals surface area contributed by atoms with Crippen molar-refractivity contribution in [2.24, 2.45) is 0 Å². The van der Waals surface area contributed by atoms with Crippen LogP contribution in [0.5, 0.6) is 0 Å². The lowest BCUT2D eigenvalue weighted by Gasteiger charge is -2.13. The minimum atomic E-state index is -0.238. The highest BCUT2D eigenvalue weighted by molar-refractivity contribution is 8.00. The van der Waals surface area contributed by atoms with Gasteiger partial charge in [-0.05, 0) is 42.7 Å². The summed E-state index contributed by atoms with van der Waals surface area (Å²) in [7, 11) is 0. The van der Waals surface area contributed by atoms with Crippen molar-refractivity contribution in [1.29, 1.82) is 0 Å². The van der Waals surface area contributed by atoms with Crippen LogP contribution in [-0.2, 0) is 17.8 Å². The molecular formula is C20H22N4OS. The first-order valence-electron chi connectivity index (χ1n) is 9.09. The molecule has 2 heterocycles. The molecule has 0 bridgehead atoms. The Balaban J connectivity index is 1.45. The van der Waals surface area contributed by atoms with Crippen LogP contribution in [0.25, 0.3) is 10.8 Å². The number of amides is 1. The fourth-order valence-electron chi connectivity index (χ4n) is 3.27. The second kappa shape index (κ2) is 7.50. The van der Waals surface area contributed by atoms with Crippen molar-refractivity contribution in [3.8, 4) is 0 Å². The second-order valence-corrected chi connectivity index (χ2v) is 7.98. The molecule has 1 aliphatic heterocycles. The largest absolute Gasteiger partial charge is 0.325 e. The van der Waals surface area contributed by atoms with E-state index in [9.17, 15) is 4.79 Å². The molecule has 3 aromatic rings. The van der Waals surface area contributed by atoms with Gasteiger partial charge in [0.25, 0.3) is 0 Å². The van der Waals surface area contributed by atoms with Gasteiger partial charge in [-0.25, -0.2) is 0 Å². The number of hydrogen-bond acceptors (Lipinski definition) is 4. The highest BCUT2D eigenvalue weighted by Crippen LogP contribution is 2.26. The fourth-order valence-corrected chi connectivity index (χ4v) is 4.16. The van der Waals surface area contributed by atoms with E-state index in [1.807, 2.05) is 37.3 Å². The van der Waals surface area contributed by atoms with Gasteiger partial charge in [0.1, 0.15) is 5.82 Å². The summed E-state index contributed by atoms with van der Waals surface area (Å²) in [5.41, 5.74) is 0.821. The normalized spacial score (nSPS) is 15.3. The Kier molecular flexibility index (Phi) is 4.93. The molecule has 2 aromatic carbocycles. The van der Waals surface area contributed by atoms with E-state index >= 15 is 0 Å². The van der Waals surface area contributed by atoms with Crippen molar-refractivity contribution < 1.29 is 4.79 Å². The maximum absolute atomic E-state index is 12.6. The highest BCUT2D eigenvalue weighted by Gasteiger charge is 2.21. The molecule has 0 radical (unpaired) electrons. The van der Waals surface area contributed by atoms with Crippen LogP contribution in [0.3, 0.4) is 0 Å². The predicted octanol–water partition coefficient (Wildman–Crippen LogP) is 4.28. The molecule has 1 atom stereocenters. The third kappa shape index (κ3) is 3.60. The molecule has 1 aromatic heterocycles. The van der Waals surface area contributed by atoms with Crippen molar-refractivity contribution in [1.82, 2.24) is 14.8 Å². The molecule has 1 N–H and O–H groups in total. The molecule has 1 aliphatic rings. The van der Waals surface area contributed by atoms with Gasteiger partial charge in [-0.2, -0.15) is 0 Å². The van der Waals surface area contributed by atoms with E-state index in [0.29, 0.717) is 0 Å². The summed E-state index contributed by atoms with van der Waals surface area (Å²) in [6, 6.07) is 14.1. The molecule has 0 fully saturated rings. The summed E-state index contributed by atoms with van der Waals surface area (Å²) >= 11 is 1.48. The van der Waals surface area contributed by atoms with Gasteiger partial charge in [0.2, 0.25) is 5.91 Å². The van der Waals surface area contributed by atoms with Crippen molar-refractivity contribution in [2.75, 3.05) is 5.32 Å². The summed E-state index contributed by atoms with van der Waals surface area (Å²) in [5.74, 6) is 1.03. The summed E-state index contributed by atoms with van der Waals surface area (Å²) in [6.45, 7) is 2.86. The zero-order valence-corrected chi connectivity index (χ0v) is 15.6. The molecule has 6 heteroatoms. The SMILES string of the molecule is C[C@@H](Sc1nnc2n1CCCCC2)C(=O)Nc1ccc2ccccc2c1. The van der Waals surface area contributed by atoms with E-state index in [4.69, 9.17) is 0 Å². The van der Waals surface area contributed by atoms with E-state index in [2.05, 4.69) is 32.2 Å². The molecule has 4 rings (SSSR count). The Morgan fingerprint density at radius 3 is 2.85 bits per heavy atom. The van der Waals surface area contributed by atoms with E-state index in [0.717, 1.165) is 41.4 Å². The number of hydrogen-bond donors (Lipinski definition) is 1. The molecule has 1 amide bonds. The standard InChI is InChI=1S/C20H22N4OS/c1-14(26-20-23-22-18-9-3-2-6-12-24(18)20)19(25)21-17-11-10-15-7-4-5-8-16(15)13-17/h4-5,7-8,10-11,13-14H,2-3,6,9,12H2,1H3,(H,21,25)/t14-/m1/s1. The average molecular weight is 366 g/mol. The van der Waals surface area contributed by atoms with Gasteiger partial charge in [0, 0.05) is 18.7 Å². The number of aryl methyl sites for hydroxylation is 1. The van der Waals surface area contributed by atoms with Crippen molar-refractivity contribution in [3.05, 3.63) is 48.3 Å². The van der Waals surface area contributed by atoms with Crippen LogP contribution in [0.2, 0.25) is 0 Å². The number of nitrogens with one attached hydrogen (secondary N) is 1. The van der Waals surface area contributed by atoms with Crippen LogP contribution in [0.15, 0.2) is 47.6 Å². The van der Waals surface area contributed by atoms with Gasteiger partial charge in [-0.1, -0.05) is 48.5 Å². The summed E-state index contributed by atoms with van der Waals surface area (Å²) in [5, 5.41) is 14.5. The van der Waals surface area contributed by atoms with Crippen LogP contribution in [0.1, 0.15) is 32.0 Å². The number of nitrogens with zero attached hydrogens (tertiary/aromatic N) is 3. The van der Waals surface area contributed by atoms with Gasteiger partial charge < -0.3 is 9.88 Å². The van der Waals surface area contributed by atoms with Gasteiger partial charge in [-0.3, -0.25) is 4.79 Å². The molecule has 5 nitrogen and oxygen atoms in total. The molecule has 134 valence electrons. The van der Waals surface area contributed by atoms with Crippen LogP contribution >= 0.6 is 11.8 Å². The molecule has 0 saturated heterocycles. The predicted molar refractivity (Wildman–Crippen MR) is 105 cm³/mol. The number of carbonyl (C=O) groups is 1. The number of anilines is 1.